The van der Waals surface area contributed by atoms with E-state index in [0.29, 0.717) is 34.9 Å². The molecule has 8 heteroatoms. The minimum absolute atomic E-state index is 0.639. The van der Waals surface area contributed by atoms with Crippen LogP contribution in [0.3, 0.4) is 0 Å². The van der Waals surface area contributed by atoms with Gasteiger partial charge in [0.1, 0.15) is 0 Å². The lowest BCUT2D eigenvalue weighted by atomic mass is 9.94. The molecule has 0 aliphatic carbocycles. The quantitative estimate of drug-likeness (QED) is 0.111. The number of hydrogen-bond acceptors (Lipinski definition) is 8. The van der Waals surface area contributed by atoms with Gasteiger partial charge in [-0.05, 0) is 95.7 Å². The van der Waals surface area contributed by atoms with E-state index in [-0.39, 0.29) is 0 Å². The van der Waals surface area contributed by atoms with Crippen LogP contribution in [0, 0.1) is 0 Å². The van der Waals surface area contributed by atoms with Crippen molar-refractivity contribution in [1.29, 1.82) is 0 Å². The van der Waals surface area contributed by atoms with Gasteiger partial charge < -0.3 is 0 Å². The van der Waals surface area contributed by atoms with Crippen molar-refractivity contribution in [2.45, 2.75) is 0 Å². The highest BCUT2D eigenvalue weighted by Crippen LogP contribution is 2.38. The molecule has 100 heavy (non-hydrogen) atoms. The Hall–Kier alpha value is -13.6. The summed E-state index contributed by atoms with van der Waals surface area (Å²) in [5.41, 5.74) is 21.7. The number of nitrogens with zero attached hydrogens (tertiary/aromatic N) is 8. The van der Waals surface area contributed by atoms with E-state index >= 15 is 0 Å². The van der Waals surface area contributed by atoms with Gasteiger partial charge in [-0.3, -0.25) is 9.97 Å². The SMILES string of the molecule is c1ccc(-c2ccc(-c3nc(-c4ccccc4)nc(-c4ccc(-c5ccc(-c6cc7cccnc7c7ccccc67)cc5)cc4)n3)cc2)cc1.c1ccc(-c2ccc(-c3nc(-c4ccccc4)nc(-c4ccc(-c5ccc(-c6cccc7c6ccc6cccnc67)cc5)cc4)n3)cc2)cc1. The number of rotatable bonds is 12. The van der Waals surface area contributed by atoms with Crippen LogP contribution in [0.1, 0.15) is 0 Å². The molecule has 0 bridgehead atoms. The number of pyridine rings is 2. The molecule has 0 atom stereocenters. The maximum atomic E-state index is 4.97. The van der Waals surface area contributed by atoms with Crippen molar-refractivity contribution in [2.24, 2.45) is 0 Å². The van der Waals surface area contributed by atoms with Crippen LogP contribution in [0.15, 0.2) is 364 Å². The van der Waals surface area contributed by atoms with Crippen molar-refractivity contribution >= 4 is 43.4 Å². The Labute approximate surface area is 579 Å². The van der Waals surface area contributed by atoms with Crippen LogP contribution in [0.2, 0.25) is 0 Å². The van der Waals surface area contributed by atoms with Crippen LogP contribution in [0.4, 0.5) is 0 Å². The summed E-state index contributed by atoms with van der Waals surface area (Å²) in [5.74, 6) is 3.86. The summed E-state index contributed by atoms with van der Waals surface area (Å²) in [4.78, 5) is 39.0. The predicted octanol–water partition coefficient (Wildman–Crippen LogP) is 23.2. The highest BCUT2D eigenvalue weighted by atomic mass is 15.0. The van der Waals surface area contributed by atoms with E-state index in [1.165, 1.54) is 54.9 Å². The van der Waals surface area contributed by atoms with Crippen LogP contribution in [-0.2, 0) is 0 Å². The molecule has 14 aromatic carbocycles. The van der Waals surface area contributed by atoms with E-state index in [0.717, 1.165) is 88.6 Å². The zero-order valence-electron chi connectivity index (χ0n) is 54.2. The molecule has 8 nitrogen and oxygen atoms in total. The zero-order valence-corrected chi connectivity index (χ0v) is 54.2. The van der Waals surface area contributed by atoms with Gasteiger partial charge in [0, 0.05) is 67.3 Å². The summed E-state index contributed by atoms with van der Waals surface area (Å²) in [6, 6.07) is 122. The van der Waals surface area contributed by atoms with Gasteiger partial charge in [-0.1, -0.05) is 334 Å². The molecule has 468 valence electrons. The fourth-order valence-electron chi connectivity index (χ4n) is 13.2. The fourth-order valence-corrected chi connectivity index (χ4v) is 13.2. The van der Waals surface area contributed by atoms with E-state index in [9.17, 15) is 0 Å². The molecule has 0 spiro atoms. The molecule has 0 unspecified atom stereocenters. The van der Waals surface area contributed by atoms with Crippen LogP contribution in [0.5, 0.6) is 0 Å². The highest BCUT2D eigenvalue weighted by molar-refractivity contribution is 6.12. The first-order valence-corrected chi connectivity index (χ1v) is 33.4. The molecule has 0 radical (unpaired) electrons. The van der Waals surface area contributed by atoms with Gasteiger partial charge in [-0.25, -0.2) is 29.9 Å². The van der Waals surface area contributed by atoms with Crippen molar-refractivity contribution < 1.29 is 0 Å². The van der Waals surface area contributed by atoms with Crippen LogP contribution >= 0.6 is 0 Å². The first-order valence-electron chi connectivity index (χ1n) is 33.4. The summed E-state index contributed by atoms with van der Waals surface area (Å²) in [6.45, 7) is 0. The Morgan fingerprint density at radius 3 is 0.790 bits per heavy atom. The van der Waals surface area contributed by atoms with Gasteiger partial charge >= 0.3 is 0 Å². The van der Waals surface area contributed by atoms with E-state index in [1.807, 2.05) is 97.3 Å². The standard InChI is InChI=1S/2C46H30N4/c1-3-9-31(10-4-1)32-18-24-38(25-19-32)45-48-44(37-11-5-2-6-12-37)49-46(50-45)39-26-20-34(21-27-39)33-16-22-35(23-17-33)40-14-7-15-42-41(40)29-28-36-13-8-30-47-43(36)42;1-3-10-31(11-4-1)32-19-25-37(26-20-32)45-48-44(36-12-5-2-6-13-36)49-46(50-45)38-27-21-34(22-28-38)33-17-23-35(24-18-33)42-30-39-14-9-29-47-43(39)41-16-8-7-15-40(41)42/h2*1-30H. The van der Waals surface area contributed by atoms with Crippen molar-refractivity contribution in [2.75, 3.05) is 0 Å². The zero-order chi connectivity index (χ0) is 66.6. The van der Waals surface area contributed by atoms with Gasteiger partial charge in [-0.15, -0.1) is 0 Å². The third kappa shape index (κ3) is 12.3. The topological polar surface area (TPSA) is 103 Å². The van der Waals surface area contributed by atoms with E-state index in [2.05, 4.69) is 277 Å². The van der Waals surface area contributed by atoms with Crippen LogP contribution in [0.25, 0.3) is 178 Å². The number of hydrogen-bond donors (Lipinski definition) is 0. The molecule has 0 fully saturated rings. The minimum atomic E-state index is 0.639. The summed E-state index contributed by atoms with van der Waals surface area (Å²) in [7, 11) is 0. The summed E-state index contributed by atoms with van der Waals surface area (Å²) in [6.07, 6.45) is 3.72. The van der Waals surface area contributed by atoms with Crippen molar-refractivity contribution in [3.63, 3.8) is 0 Å². The van der Waals surface area contributed by atoms with Crippen LogP contribution in [-0.4, -0.2) is 39.9 Å². The minimum Gasteiger partial charge on any atom is -0.256 e. The third-order valence-corrected chi connectivity index (χ3v) is 18.4. The van der Waals surface area contributed by atoms with Crippen molar-refractivity contribution in [3.8, 4) is 135 Å². The Bertz CT molecular complexity index is 5910. The Morgan fingerprint density at radius 1 is 0.150 bits per heavy atom. The number of aromatic nitrogens is 8. The molecule has 4 aromatic heterocycles. The van der Waals surface area contributed by atoms with E-state index < -0.39 is 0 Å². The van der Waals surface area contributed by atoms with Gasteiger partial charge in [0.05, 0.1) is 11.0 Å². The summed E-state index contributed by atoms with van der Waals surface area (Å²) >= 11 is 0. The second-order valence-corrected chi connectivity index (χ2v) is 24.6. The van der Waals surface area contributed by atoms with Crippen LogP contribution < -0.4 is 0 Å². The maximum absolute atomic E-state index is 4.97. The lowest BCUT2D eigenvalue weighted by Gasteiger charge is -2.11. The normalized spacial score (nSPS) is 11.2. The summed E-state index contributed by atoms with van der Waals surface area (Å²) in [5, 5.41) is 7.03. The molecular formula is C92H60N8. The first-order chi connectivity index (χ1) is 49.5. The molecule has 0 saturated carbocycles. The largest absolute Gasteiger partial charge is 0.256 e. The lowest BCUT2D eigenvalue weighted by Crippen LogP contribution is -2.00. The second-order valence-electron chi connectivity index (χ2n) is 24.6. The molecular weight excluding hydrogens is 1220 g/mol. The third-order valence-electron chi connectivity index (χ3n) is 18.4. The average molecular weight is 1280 g/mol. The Kier molecular flexibility index (Phi) is 16.2. The monoisotopic (exact) mass is 1280 g/mol. The molecule has 0 amide bonds. The highest BCUT2D eigenvalue weighted by Gasteiger charge is 2.17. The fraction of sp³-hybridized carbons (Fsp3) is 0. The van der Waals surface area contributed by atoms with Gasteiger partial charge in [0.2, 0.25) is 0 Å². The summed E-state index contributed by atoms with van der Waals surface area (Å²) < 4.78 is 0. The first kappa shape index (κ1) is 60.1. The van der Waals surface area contributed by atoms with Gasteiger partial charge in [-0.2, -0.15) is 0 Å². The maximum Gasteiger partial charge on any atom is 0.164 e. The average Bonchev–Trinajstić information content (AvgIpc) is 0.768. The second kappa shape index (κ2) is 26.9. The van der Waals surface area contributed by atoms with Gasteiger partial charge in [0.15, 0.2) is 34.9 Å². The van der Waals surface area contributed by atoms with Crippen molar-refractivity contribution in [1.82, 2.24) is 39.9 Å². The number of benzene rings is 14. The number of fused-ring (bicyclic) bond motifs is 6. The van der Waals surface area contributed by atoms with E-state index in [4.69, 9.17) is 29.9 Å². The Balaban J connectivity index is 0.000000150. The Morgan fingerprint density at radius 2 is 0.410 bits per heavy atom. The molecule has 0 aliphatic heterocycles. The molecule has 18 rings (SSSR count). The van der Waals surface area contributed by atoms with Gasteiger partial charge in [0.25, 0.3) is 0 Å². The molecule has 0 aliphatic rings. The molecule has 4 heterocycles. The smallest absolute Gasteiger partial charge is 0.164 e. The predicted molar refractivity (Wildman–Crippen MR) is 411 cm³/mol. The van der Waals surface area contributed by atoms with E-state index in [1.54, 1.807) is 0 Å². The molecule has 18 aromatic rings. The van der Waals surface area contributed by atoms with Crippen molar-refractivity contribution in [3.05, 3.63) is 364 Å². The molecule has 0 saturated heterocycles. The lowest BCUT2D eigenvalue weighted by molar-refractivity contribution is 1.07. The molecule has 0 N–H and O–H groups in total.